The Labute approximate surface area is 157 Å². The molecule has 0 unspecified atom stereocenters. The fraction of sp³-hybridized carbons (Fsp3) is 0.350. The van der Waals surface area contributed by atoms with Crippen molar-refractivity contribution in [2.24, 2.45) is 0 Å². The van der Waals surface area contributed by atoms with Gasteiger partial charge in [0.2, 0.25) is 0 Å². The van der Waals surface area contributed by atoms with E-state index in [4.69, 9.17) is 4.74 Å². The van der Waals surface area contributed by atoms with E-state index < -0.39 is 11.8 Å². The second-order valence-electron chi connectivity index (χ2n) is 6.41. The zero-order valence-corrected chi connectivity index (χ0v) is 15.4. The molecule has 2 heterocycles. The lowest BCUT2D eigenvalue weighted by atomic mass is 10.2. The van der Waals surface area contributed by atoms with E-state index in [1.165, 1.54) is 19.2 Å². The number of carbonyl (C=O) groups is 2. The Kier molecular flexibility index (Phi) is 5.69. The zero-order valence-electron chi connectivity index (χ0n) is 15.4. The van der Waals surface area contributed by atoms with E-state index in [9.17, 15) is 14.0 Å². The van der Waals surface area contributed by atoms with Gasteiger partial charge in [0.05, 0.1) is 23.9 Å². The summed E-state index contributed by atoms with van der Waals surface area (Å²) < 4.78 is 18.7. The van der Waals surface area contributed by atoms with Gasteiger partial charge >= 0.3 is 5.97 Å². The van der Waals surface area contributed by atoms with Crippen LogP contribution in [-0.2, 0) is 4.74 Å². The molecule has 1 saturated heterocycles. The molecule has 0 spiro atoms. The first kappa shape index (κ1) is 18.8. The first-order chi connectivity index (χ1) is 13.0. The topological polar surface area (TPSA) is 62.7 Å². The van der Waals surface area contributed by atoms with E-state index in [2.05, 4.69) is 9.88 Å². The molecule has 1 amide bonds. The smallest absolute Gasteiger partial charge is 0.339 e. The van der Waals surface area contributed by atoms with Gasteiger partial charge in [-0.05, 0) is 37.6 Å². The number of aromatic nitrogens is 1. The number of nitrogens with zero attached hydrogens (tertiary/aromatic N) is 3. The Morgan fingerprint density at radius 1 is 1.04 bits per heavy atom. The number of hydrogen-bond acceptors (Lipinski definition) is 5. The molecule has 0 bridgehead atoms. The predicted octanol–water partition coefficient (Wildman–Crippen LogP) is 2.67. The van der Waals surface area contributed by atoms with Gasteiger partial charge in [0.1, 0.15) is 11.6 Å². The highest BCUT2D eigenvalue weighted by atomic mass is 19.1. The summed E-state index contributed by atoms with van der Waals surface area (Å²) in [6.45, 7) is 4.12. The predicted molar refractivity (Wildman–Crippen MR) is 99.4 cm³/mol. The van der Waals surface area contributed by atoms with Gasteiger partial charge < -0.3 is 14.5 Å². The normalized spacial score (nSPS) is 14.6. The average Bonchev–Trinajstić information content (AvgIpc) is 2.93. The van der Waals surface area contributed by atoms with Crippen molar-refractivity contribution in [2.45, 2.75) is 13.3 Å². The highest BCUT2D eigenvalue weighted by molar-refractivity contribution is 5.94. The maximum absolute atomic E-state index is 13.9. The number of rotatable bonds is 3. The SMILES string of the molecule is COC(=O)c1ccc(N2CCCN(C(=O)c3ccccc3F)CC2)nc1C. The largest absolute Gasteiger partial charge is 0.465 e. The maximum Gasteiger partial charge on any atom is 0.339 e. The average molecular weight is 371 g/mol. The van der Waals surface area contributed by atoms with Gasteiger partial charge in [0.15, 0.2) is 0 Å². The van der Waals surface area contributed by atoms with Crippen LogP contribution in [0.5, 0.6) is 0 Å². The number of anilines is 1. The van der Waals surface area contributed by atoms with E-state index in [0.29, 0.717) is 30.9 Å². The number of aryl methyl sites for hydroxylation is 1. The van der Waals surface area contributed by atoms with Crippen LogP contribution in [0.4, 0.5) is 10.2 Å². The Bertz CT molecular complexity index is 856. The van der Waals surface area contributed by atoms with Crippen LogP contribution >= 0.6 is 0 Å². The van der Waals surface area contributed by atoms with Crippen molar-refractivity contribution in [1.82, 2.24) is 9.88 Å². The second-order valence-corrected chi connectivity index (χ2v) is 6.41. The van der Waals surface area contributed by atoms with Crippen molar-refractivity contribution in [3.63, 3.8) is 0 Å². The van der Waals surface area contributed by atoms with Gasteiger partial charge in [-0.1, -0.05) is 12.1 Å². The van der Waals surface area contributed by atoms with Crippen molar-refractivity contribution in [1.29, 1.82) is 0 Å². The van der Waals surface area contributed by atoms with Gasteiger partial charge in [-0.15, -0.1) is 0 Å². The summed E-state index contributed by atoms with van der Waals surface area (Å²) >= 11 is 0. The molecule has 2 aromatic rings. The summed E-state index contributed by atoms with van der Waals surface area (Å²) in [5.74, 6) is -0.455. The van der Waals surface area contributed by atoms with Crippen LogP contribution in [0.1, 0.15) is 32.8 Å². The van der Waals surface area contributed by atoms with Crippen molar-refractivity contribution in [3.8, 4) is 0 Å². The van der Waals surface area contributed by atoms with Gasteiger partial charge in [0.25, 0.3) is 5.91 Å². The standard InChI is InChI=1S/C20H22FN3O3/c1-14-15(20(26)27-2)8-9-18(22-14)23-10-5-11-24(13-12-23)19(25)16-6-3-4-7-17(16)21/h3-4,6-9H,5,10-13H2,1-2H3. The molecule has 0 radical (unpaired) electrons. The van der Waals surface area contributed by atoms with Crippen molar-refractivity contribution in [3.05, 3.63) is 59.0 Å². The van der Waals surface area contributed by atoms with Crippen LogP contribution in [-0.4, -0.2) is 55.0 Å². The number of ether oxygens (including phenoxy) is 1. The molecule has 0 atom stereocenters. The summed E-state index contributed by atoms with van der Waals surface area (Å²) in [6, 6.07) is 9.53. The maximum atomic E-state index is 13.9. The molecule has 6 nitrogen and oxygen atoms in total. The van der Waals surface area contributed by atoms with Crippen molar-refractivity contribution < 1.29 is 18.7 Å². The number of amides is 1. The van der Waals surface area contributed by atoms with Gasteiger partial charge in [0, 0.05) is 26.2 Å². The minimum absolute atomic E-state index is 0.0994. The van der Waals surface area contributed by atoms with Crippen LogP contribution in [0.2, 0.25) is 0 Å². The Morgan fingerprint density at radius 3 is 2.52 bits per heavy atom. The Morgan fingerprint density at radius 2 is 1.81 bits per heavy atom. The van der Waals surface area contributed by atoms with Crippen LogP contribution in [0.15, 0.2) is 36.4 Å². The molecular formula is C20H22FN3O3. The van der Waals surface area contributed by atoms with Gasteiger partial charge in [-0.25, -0.2) is 14.2 Å². The van der Waals surface area contributed by atoms with E-state index in [1.54, 1.807) is 36.1 Å². The van der Waals surface area contributed by atoms with Crippen molar-refractivity contribution in [2.75, 3.05) is 38.2 Å². The number of pyridine rings is 1. The number of benzene rings is 1. The van der Waals surface area contributed by atoms with E-state index in [-0.39, 0.29) is 11.5 Å². The highest BCUT2D eigenvalue weighted by Crippen LogP contribution is 2.19. The van der Waals surface area contributed by atoms with E-state index in [1.807, 2.05) is 0 Å². The highest BCUT2D eigenvalue weighted by Gasteiger charge is 2.23. The molecule has 7 heteroatoms. The molecule has 3 rings (SSSR count). The number of carbonyl (C=O) groups excluding carboxylic acids is 2. The molecule has 1 aliphatic heterocycles. The monoisotopic (exact) mass is 371 g/mol. The number of hydrogen-bond donors (Lipinski definition) is 0. The zero-order chi connectivity index (χ0) is 19.4. The Hall–Kier alpha value is -2.96. The lowest BCUT2D eigenvalue weighted by Crippen LogP contribution is -2.35. The quantitative estimate of drug-likeness (QED) is 0.777. The third kappa shape index (κ3) is 4.07. The van der Waals surface area contributed by atoms with Crippen LogP contribution in [0, 0.1) is 12.7 Å². The van der Waals surface area contributed by atoms with E-state index in [0.717, 1.165) is 18.8 Å². The van der Waals surface area contributed by atoms with Gasteiger partial charge in [-0.3, -0.25) is 4.79 Å². The molecule has 1 aliphatic rings. The van der Waals surface area contributed by atoms with Crippen LogP contribution < -0.4 is 4.90 Å². The summed E-state index contributed by atoms with van der Waals surface area (Å²) in [4.78, 5) is 32.6. The molecule has 1 aromatic carbocycles. The third-order valence-corrected chi connectivity index (χ3v) is 4.69. The summed E-state index contributed by atoms with van der Waals surface area (Å²) in [5, 5.41) is 0. The first-order valence-corrected chi connectivity index (χ1v) is 8.86. The molecule has 1 aromatic heterocycles. The number of esters is 1. The molecule has 0 N–H and O–H groups in total. The number of halogens is 1. The minimum Gasteiger partial charge on any atom is -0.465 e. The molecular weight excluding hydrogens is 349 g/mol. The lowest BCUT2D eigenvalue weighted by molar-refractivity contribution is 0.0599. The molecule has 1 fully saturated rings. The summed E-state index contributed by atoms with van der Waals surface area (Å²) in [5.41, 5.74) is 1.14. The molecule has 27 heavy (non-hydrogen) atoms. The van der Waals surface area contributed by atoms with Crippen molar-refractivity contribution >= 4 is 17.7 Å². The van der Waals surface area contributed by atoms with E-state index >= 15 is 0 Å². The van der Waals surface area contributed by atoms with Crippen LogP contribution in [0.25, 0.3) is 0 Å². The fourth-order valence-electron chi connectivity index (χ4n) is 3.20. The summed E-state index contributed by atoms with van der Waals surface area (Å²) in [6.07, 6.45) is 0.750. The minimum atomic E-state index is -0.501. The molecule has 0 aliphatic carbocycles. The fourth-order valence-corrected chi connectivity index (χ4v) is 3.20. The second kappa shape index (κ2) is 8.16. The lowest BCUT2D eigenvalue weighted by Gasteiger charge is -2.23. The Balaban J connectivity index is 1.72. The molecule has 142 valence electrons. The third-order valence-electron chi connectivity index (χ3n) is 4.69. The first-order valence-electron chi connectivity index (χ1n) is 8.86. The van der Waals surface area contributed by atoms with Crippen LogP contribution in [0.3, 0.4) is 0 Å². The van der Waals surface area contributed by atoms with Gasteiger partial charge in [-0.2, -0.15) is 0 Å². The summed E-state index contributed by atoms with van der Waals surface area (Å²) in [7, 11) is 1.34. The molecule has 0 saturated carbocycles. The number of methoxy groups -OCH3 is 1.